The second kappa shape index (κ2) is 6.58. The Kier molecular flexibility index (Phi) is 4.81. The summed E-state index contributed by atoms with van der Waals surface area (Å²) < 4.78 is 1.51. The van der Waals surface area contributed by atoms with E-state index in [1.807, 2.05) is 18.2 Å². The third-order valence-electron chi connectivity index (χ3n) is 2.75. The van der Waals surface area contributed by atoms with E-state index in [1.54, 1.807) is 7.05 Å². The van der Waals surface area contributed by atoms with Gasteiger partial charge in [-0.25, -0.2) is 9.89 Å². The summed E-state index contributed by atoms with van der Waals surface area (Å²) in [5.74, 6) is 0. The first-order chi connectivity index (χ1) is 9.22. The van der Waals surface area contributed by atoms with Crippen LogP contribution in [-0.2, 0) is 13.6 Å². The van der Waals surface area contributed by atoms with Gasteiger partial charge in [0.2, 0.25) is 0 Å². The summed E-state index contributed by atoms with van der Waals surface area (Å²) in [6.07, 6.45) is 1.11. The van der Waals surface area contributed by atoms with E-state index >= 15 is 0 Å². The van der Waals surface area contributed by atoms with Crippen LogP contribution in [-0.4, -0.2) is 21.3 Å². The molecule has 1 heterocycles. The summed E-state index contributed by atoms with van der Waals surface area (Å²) in [6, 6.07) is 8.16. The Morgan fingerprint density at radius 1 is 1.42 bits per heavy atom. The normalized spacial score (nSPS) is 10.8. The van der Waals surface area contributed by atoms with Gasteiger partial charge >= 0.3 is 5.69 Å². The van der Waals surface area contributed by atoms with Gasteiger partial charge in [0.05, 0.1) is 0 Å². The van der Waals surface area contributed by atoms with E-state index in [9.17, 15) is 4.79 Å². The SMILES string of the molecule is CCCNCc1ccccc1Sc1n[nH]c(=O)n1C. The van der Waals surface area contributed by atoms with Crippen molar-refractivity contribution in [3.63, 3.8) is 0 Å². The van der Waals surface area contributed by atoms with Crippen LogP contribution in [0.25, 0.3) is 0 Å². The van der Waals surface area contributed by atoms with E-state index in [0.717, 1.165) is 24.4 Å². The molecule has 5 nitrogen and oxygen atoms in total. The minimum Gasteiger partial charge on any atom is -0.313 e. The highest BCUT2D eigenvalue weighted by atomic mass is 32.2. The maximum atomic E-state index is 11.3. The van der Waals surface area contributed by atoms with E-state index in [-0.39, 0.29) is 5.69 Å². The first-order valence-electron chi connectivity index (χ1n) is 6.30. The Balaban J connectivity index is 2.15. The lowest BCUT2D eigenvalue weighted by Crippen LogP contribution is -2.14. The molecule has 0 bridgehead atoms. The van der Waals surface area contributed by atoms with Crippen molar-refractivity contribution in [2.45, 2.75) is 29.9 Å². The lowest BCUT2D eigenvalue weighted by Gasteiger charge is -2.09. The lowest BCUT2D eigenvalue weighted by molar-refractivity contribution is 0.669. The van der Waals surface area contributed by atoms with Gasteiger partial charge in [-0.15, -0.1) is 5.10 Å². The van der Waals surface area contributed by atoms with Gasteiger partial charge in [0.25, 0.3) is 0 Å². The number of nitrogens with one attached hydrogen (secondary N) is 2. The summed E-state index contributed by atoms with van der Waals surface area (Å²) >= 11 is 1.50. The molecule has 1 aromatic carbocycles. The summed E-state index contributed by atoms with van der Waals surface area (Å²) in [7, 11) is 1.71. The van der Waals surface area contributed by atoms with Crippen LogP contribution in [0.15, 0.2) is 39.1 Å². The van der Waals surface area contributed by atoms with Crippen molar-refractivity contribution < 1.29 is 0 Å². The van der Waals surface area contributed by atoms with Crippen molar-refractivity contribution in [2.75, 3.05) is 6.54 Å². The van der Waals surface area contributed by atoms with Gasteiger partial charge in [-0.1, -0.05) is 25.1 Å². The molecule has 0 aliphatic rings. The number of aromatic nitrogens is 3. The maximum absolute atomic E-state index is 11.3. The summed E-state index contributed by atoms with van der Waals surface area (Å²) in [5, 5.41) is 10.5. The van der Waals surface area contributed by atoms with Crippen LogP contribution in [0.1, 0.15) is 18.9 Å². The highest BCUT2D eigenvalue weighted by Crippen LogP contribution is 2.27. The average molecular weight is 278 g/mol. The van der Waals surface area contributed by atoms with Crippen molar-refractivity contribution in [3.8, 4) is 0 Å². The van der Waals surface area contributed by atoms with Gasteiger partial charge in [-0.05, 0) is 36.4 Å². The number of hydrogen-bond acceptors (Lipinski definition) is 4. The van der Waals surface area contributed by atoms with Crippen LogP contribution in [0, 0.1) is 0 Å². The zero-order valence-corrected chi connectivity index (χ0v) is 12.0. The van der Waals surface area contributed by atoms with Gasteiger partial charge in [-0.2, -0.15) is 0 Å². The van der Waals surface area contributed by atoms with Crippen molar-refractivity contribution >= 4 is 11.8 Å². The number of nitrogens with zero attached hydrogens (tertiary/aromatic N) is 2. The van der Waals surface area contributed by atoms with Crippen LogP contribution >= 0.6 is 11.8 Å². The number of aromatic amines is 1. The monoisotopic (exact) mass is 278 g/mol. The van der Waals surface area contributed by atoms with Crippen molar-refractivity contribution in [3.05, 3.63) is 40.3 Å². The predicted molar refractivity (Wildman–Crippen MR) is 76.4 cm³/mol. The minimum atomic E-state index is -0.191. The van der Waals surface area contributed by atoms with Gasteiger partial charge < -0.3 is 5.32 Å². The molecule has 2 rings (SSSR count). The molecule has 0 atom stereocenters. The molecule has 102 valence electrons. The molecule has 0 spiro atoms. The van der Waals surface area contributed by atoms with E-state index in [4.69, 9.17) is 0 Å². The Morgan fingerprint density at radius 2 is 2.21 bits per heavy atom. The van der Waals surface area contributed by atoms with E-state index in [0.29, 0.717) is 5.16 Å². The molecule has 2 N–H and O–H groups in total. The molecule has 2 aromatic rings. The maximum Gasteiger partial charge on any atom is 0.343 e. The topological polar surface area (TPSA) is 62.7 Å². The molecule has 0 saturated heterocycles. The number of benzene rings is 1. The van der Waals surface area contributed by atoms with Gasteiger partial charge in [0.1, 0.15) is 0 Å². The molecule has 0 aliphatic heterocycles. The molecule has 0 fully saturated rings. The second-order valence-corrected chi connectivity index (χ2v) is 5.27. The van der Waals surface area contributed by atoms with Crippen LogP contribution in [0.3, 0.4) is 0 Å². The largest absolute Gasteiger partial charge is 0.343 e. The molecule has 0 amide bonds. The van der Waals surface area contributed by atoms with Gasteiger partial charge in [-0.3, -0.25) is 4.57 Å². The number of rotatable bonds is 6. The van der Waals surface area contributed by atoms with Crippen molar-refractivity contribution in [2.24, 2.45) is 7.05 Å². The molecule has 0 radical (unpaired) electrons. The quantitative estimate of drug-likeness (QED) is 0.790. The standard InChI is InChI=1S/C13H18N4OS/c1-3-8-14-9-10-6-4-5-7-11(10)19-13-16-15-12(18)17(13)2/h4-7,14H,3,8-9H2,1-2H3,(H,15,18). The molecule has 1 aromatic heterocycles. The number of hydrogen-bond donors (Lipinski definition) is 2. The van der Waals surface area contributed by atoms with Crippen LogP contribution in [0.4, 0.5) is 0 Å². The fraction of sp³-hybridized carbons (Fsp3) is 0.385. The summed E-state index contributed by atoms with van der Waals surface area (Å²) in [5.41, 5.74) is 1.03. The zero-order valence-electron chi connectivity index (χ0n) is 11.1. The molecular weight excluding hydrogens is 260 g/mol. The Hall–Kier alpha value is -1.53. The molecular formula is C13H18N4OS. The van der Waals surface area contributed by atoms with Crippen molar-refractivity contribution in [1.29, 1.82) is 0 Å². The third-order valence-corrected chi connectivity index (χ3v) is 3.92. The van der Waals surface area contributed by atoms with Crippen LogP contribution in [0.5, 0.6) is 0 Å². The fourth-order valence-electron chi connectivity index (χ4n) is 1.67. The lowest BCUT2D eigenvalue weighted by atomic mass is 10.2. The second-order valence-electron chi connectivity index (χ2n) is 4.26. The Morgan fingerprint density at radius 3 is 2.89 bits per heavy atom. The van der Waals surface area contributed by atoms with Crippen LogP contribution < -0.4 is 11.0 Å². The number of H-pyrrole nitrogens is 1. The highest BCUT2D eigenvalue weighted by Gasteiger charge is 2.09. The third kappa shape index (κ3) is 3.48. The fourth-order valence-corrected chi connectivity index (χ4v) is 2.60. The van der Waals surface area contributed by atoms with Gasteiger partial charge in [0, 0.05) is 18.5 Å². The first kappa shape index (κ1) is 13.9. The van der Waals surface area contributed by atoms with Gasteiger partial charge in [0.15, 0.2) is 5.16 Å². The Labute approximate surface area is 116 Å². The van der Waals surface area contributed by atoms with E-state index < -0.39 is 0 Å². The molecule has 19 heavy (non-hydrogen) atoms. The van der Waals surface area contributed by atoms with Crippen LogP contribution in [0.2, 0.25) is 0 Å². The molecule has 0 saturated carbocycles. The first-order valence-corrected chi connectivity index (χ1v) is 7.12. The van der Waals surface area contributed by atoms with Crippen molar-refractivity contribution in [1.82, 2.24) is 20.1 Å². The summed E-state index contributed by atoms with van der Waals surface area (Å²) in [6.45, 7) is 3.97. The van der Waals surface area contributed by atoms with E-state index in [2.05, 4.69) is 28.5 Å². The predicted octanol–water partition coefficient (Wildman–Crippen LogP) is 1.76. The highest BCUT2D eigenvalue weighted by molar-refractivity contribution is 7.99. The smallest absolute Gasteiger partial charge is 0.313 e. The molecule has 0 unspecified atom stereocenters. The summed E-state index contributed by atoms with van der Waals surface area (Å²) in [4.78, 5) is 12.5. The molecule has 6 heteroatoms. The Bertz CT molecular complexity index is 590. The zero-order chi connectivity index (χ0) is 13.7. The minimum absolute atomic E-state index is 0.191. The average Bonchev–Trinajstić information content (AvgIpc) is 2.73. The van der Waals surface area contributed by atoms with E-state index in [1.165, 1.54) is 21.9 Å². The molecule has 0 aliphatic carbocycles.